The molecular formula is C15H20Cl2F4N2. The van der Waals surface area contributed by atoms with Crippen LogP contribution in [0.25, 0.3) is 0 Å². The molecule has 1 fully saturated rings. The topological polar surface area (TPSA) is 15.3 Å². The minimum atomic E-state index is -4.26. The van der Waals surface area contributed by atoms with Crippen LogP contribution in [0.15, 0.2) is 12.1 Å². The van der Waals surface area contributed by atoms with Crippen LogP contribution in [0.4, 0.5) is 17.6 Å². The van der Waals surface area contributed by atoms with Crippen LogP contribution in [0.2, 0.25) is 5.02 Å². The van der Waals surface area contributed by atoms with Crippen molar-refractivity contribution in [3.05, 3.63) is 34.1 Å². The van der Waals surface area contributed by atoms with Gasteiger partial charge in [0.2, 0.25) is 0 Å². The van der Waals surface area contributed by atoms with Crippen molar-refractivity contribution in [3.8, 4) is 0 Å². The summed E-state index contributed by atoms with van der Waals surface area (Å²) in [6, 6.07) is 2.16. The van der Waals surface area contributed by atoms with Crippen LogP contribution in [0, 0.1) is 12.7 Å². The van der Waals surface area contributed by atoms with Gasteiger partial charge in [0.25, 0.3) is 0 Å². The molecule has 0 bridgehead atoms. The molecule has 1 saturated heterocycles. The average Bonchev–Trinajstić information content (AvgIpc) is 2.46. The number of hydrogen-bond donors (Lipinski definition) is 1. The zero-order valence-corrected chi connectivity index (χ0v) is 14.3. The van der Waals surface area contributed by atoms with Gasteiger partial charge in [0.05, 0.1) is 5.02 Å². The van der Waals surface area contributed by atoms with Crippen molar-refractivity contribution in [2.24, 2.45) is 0 Å². The van der Waals surface area contributed by atoms with Crippen LogP contribution in [0.5, 0.6) is 0 Å². The number of piperazine rings is 1. The van der Waals surface area contributed by atoms with Crippen molar-refractivity contribution in [2.45, 2.75) is 32.0 Å². The summed E-state index contributed by atoms with van der Waals surface area (Å²) >= 11 is 6.20. The summed E-state index contributed by atoms with van der Waals surface area (Å²) in [5, 5.41) is 3.37. The molecule has 1 aliphatic rings. The predicted octanol–water partition coefficient (Wildman–Crippen LogP) is 4.50. The fourth-order valence-corrected chi connectivity index (χ4v) is 3.07. The second kappa shape index (κ2) is 8.51. The molecule has 132 valence electrons. The van der Waals surface area contributed by atoms with Crippen LogP contribution in [-0.4, -0.2) is 37.3 Å². The summed E-state index contributed by atoms with van der Waals surface area (Å²) in [5.74, 6) is -0.540. The number of alkyl halides is 3. The number of benzene rings is 1. The van der Waals surface area contributed by atoms with Crippen molar-refractivity contribution in [1.82, 2.24) is 10.2 Å². The van der Waals surface area contributed by atoms with E-state index in [1.54, 1.807) is 13.0 Å². The lowest BCUT2D eigenvalue weighted by Crippen LogP contribution is -2.45. The maximum absolute atomic E-state index is 14.2. The summed E-state index contributed by atoms with van der Waals surface area (Å²) in [5.41, 5.74) is 0.859. The van der Waals surface area contributed by atoms with Gasteiger partial charge in [-0.25, -0.2) is 4.39 Å². The molecular weight excluding hydrogens is 355 g/mol. The first-order valence-corrected chi connectivity index (χ1v) is 7.63. The zero-order valence-electron chi connectivity index (χ0n) is 12.7. The molecule has 0 amide bonds. The first-order chi connectivity index (χ1) is 10.3. The van der Waals surface area contributed by atoms with Gasteiger partial charge in [-0.1, -0.05) is 17.7 Å². The van der Waals surface area contributed by atoms with Gasteiger partial charge in [0.15, 0.2) is 0 Å². The first-order valence-electron chi connectivity index (χ1n) is 7.25. The molecule has 0 radical (unpaired) electrons. The summed E-state index contributed by atoms with van der Waals surface area (Å²) in [7, 11) is 0. The third-order valence-corrected chi connectivity index (χ3v) is 4.45. The number of aryl methyl sites for hydroxylation is 1. The molecule has 8 heteroatoms. The molecule has 23 heavy (non-hydrogen) atoms. The Kier molecular flexibility index (Phi) is 7.58. The van der Waals surface area contributed by atoms with Gasteiger partial charge in [0.1, 0.15) is 5.82 Å². The van der Waals surface area contributed by atoms with Gasteiger partial charge in [-0.15, -0.1) is 12.4 Å². The van der Waals surface area contributed by atoms with Crippen LogP contribution in [0.3, 0.4) is 0 Å². The van der Waals surface area contributed by atoms with Gasteiger partial charge in [-0.3, -0.25) is 4.90 Å². The van der Waals surface area contributed by atoms with Gasteiger partial charge >= 0.3 is 6.18 Å². The Morgan fingerprint density at radius 2 is 1.87 bits per heavy atom. The average molecular weight is 375 g/mol. The van der Waals surface area contributed by atoms with Gasteiger partial charge in [-0.2, -0.15) is 13.2 Å². The standard InChI is InChI=1S/C15H19ClF4N2.ClH/c1-10-2-3-11(17)13(14(10)16)12(4-5-15(18,19)20)22-8-6-21-7-9-22;/h2-3,12,21H,4-9H2,1H3;1H/t12-;/m1./s1. The Morgan fingerprint density at radius 1 is 1.26 bits per heavy atom. The Labute approximate surface area is 144 Å². The van der Waals surface area contributed by atoms with E-state index in [9.17, 15) is 17.6 Å². The molecule has 0 saturated carbocycles. The van der Waals surface area contributed by atoms with Crippen molar-refractivity contribution in [1.29, 1.82) is 0 Å². The summed E-state index contributed by atoms with van der Waals surface area (Å²) in [6.07, 6.45) is -5.41. The smallest absolute Gasteiger partial charge is 0.314 e. The van der Waals surface area contributed by atoms with Gasteiger partial charge in [0, 0.05) is 44.2 Å². The largest absolute Gasteiger partial charge is 0.389 e. The normalized spacial score (nSPS) is 17.7. The van der Waals surface area contributed by atoms with E-state index >= 15 is 0 Å². The van der Waals surface area contributed by atoms with Gasteiger partial charge < -0.3 is 5.32 Å². The Bertz CT molecular complexity index is 517. The molecule has 2 nitrogen and oxygen atoms in total. The van der Waals surface area contributed by atoms with E-state index < -0.39 is 24.5 Å². The van der Waals surface area contributed by atoms with Crippen LogP contribution in [0.1, 0.15) is 30.0 Å². The molecule has 0 aromatic heterocycles. The molecule has 1 atom stereocenters. The Hall–Kier alpha value is -0.560. The lowest BCUT2D eigenvalue weighted by molar-refractivity contribution is -0.138. The van der Waals surface area contributed by atoms with E-state index in [0.717, 1.165) is 0 Å². The molecule has 1 N–H and O–H groups in total. The molecule has 0 aliphatic carbocycles. The predicted molar refractivity (Wildman–Crippen MR) is 85.9 cm³/mol. The van der Waals surface area contributed by atoms with E-state index in [4.69, 9.17) is 11.6 Å². The fraction of sp³-hybridized carbons (Fsp3) is 0.600. The molecule has 0 unspecified atom stereocenters. The Balaban J connectivity index is 0.00000264. The van der Waals surface area contributed by atoms with Crippen LogP contribution >= 0.6 is 24.0 Å². The highest BCUT2D eigenvalue weighted by Crippen LogP contribution is 2.37. The van der Waals surface area contributed by atoms with E-state index in [1.165, 1.54) is 6.07 Å². The van der Waals surface area contributed by atoms with Crippen molar-refractivity contribution in [2.75, 3.05) is 26.2 Å². The summed E-state index contributed by atoms with van der Waals surface area (Å²) < 4.78 is 52.1. The third kappa shape index (κ3) is 5.48. The maximum atomic E-state index is 14.2. The number of nitrogens with zero attached hydrogens (tertiary/aromatic N) is 1. The second-order valence-electron chi connectivity index (χ2n) is 5.55. The summed E-state index contributed by atoms with van der Waals surface area (Å²) in [4.78, 5) is 1.88. The van der Waals surface area contributed by atoms with Gasteiger partial charge in [-0.05, 0) is 25.0 Å². The maximum Gasteiger partial charge on any atom is 0.389 e. The SMILES string of the molecule is Cc1ccc(F)c([C@@H](CCC(F)(F)F)N2CCNCC2)c1Cl.Cl. The highest BCUT2D eigenvalue weighted by Gasteiger charge is 2.33. The van der Waals surface area contributed by atoms with Crippen molar-refractivity contribution >= 4 is 24.0 Å². The fourth-order valence-electron chi connectivity index (χ4n) is 2.79. The number of rotatable bonds is 4. The van der Waals surface area contributed by atoms with Crippen LogP contribution < -0.4 is 5.32 Å². The lowest BCUT2D eigenvalue weighted by atomic mass is 9.97. The third-order valence-electron chi connectivity index (χ3n) is 3.95. The van der Waals surface area contributed by atoms with E-state index in [0.29, 0.717) is 31.7 Å². The number of hydrogen-bond acceptors (Lipinski definition) is 2. The zero-order chi connectivity index (χ0) is 16.3. The highest BCUT2D eigenvalue weighted by atomic mass is 35.5. The minimum absolute atomic E-state index is 0. The lowest BCUT2D eigenvalue weighted by Gasteiger charge is -2.36. The summed E-state index contributed by atoms with van der Waals surface area (Å²) in [6.45, 7) is 4.23. The van der Waals surface area contributed by atoms with Crippen molar-refractivity contribution in [3.63, 3.8) is 0 Å². The number of nitrogens with one attached hydrogen (secondary N) is 1. The van der Waals surface area contributed by atoms with Crippen LogP contribution in [-0.2, 0) is 0 Å². The molecule has 2 rings (SSSR count). The molecule has 1 aromatic rings. The first kappa shape index (κ1) is 20.5. The molecule has 1 aliphatic heterocycles. The highest BCUT2D eigenvalue weighted by molar-refractivity contribution is 6.32. The second-order valence-corrected chi connectivity index (χ2v) is 5.93. The molecule has 0 spiro atoms. The quantitative estimate of drug-likeness (QED) is 0.780. The Morgan fingerprint density at radius 3 is 2.43 bits per heavy atom. The van der Waals surface area contributed by atoms with Crippen molar-refractivity contribution < 1.29 is 17.6 Å². The monoisotopic (exact) mass is 374 g/mol. The minimum Gasteiger partial charge on any atom is -0.314 e. The number of halogens is 6. The van der Waals surface area contributed by atoms with E-state index in [1.807, 2.05) is 4.90 Å². The molecule has 1 heterocycles. The van der Waals surface area contributed by atoms with E-state index in [2.05, 4.69) is 5.32 Å². The molecule has 1 aromatic carbocycles. The van der Waals surface area contributed by atoms with E-state index in [-0.39, 0.29) is 29.4 Å².